The molecule has 1 aromatic carbocycles. The highest BCUT2D eigenvalue weighted by Gasteiger charge is 2.63. The minimum atomic E-state index is -5.48. The van der Waals surface area contributed by atoms with Gasteiger partial charge in [0.15, 0.2) is 18.1 Å². The summed E-state index contributed by atoms with van der Waals surface area (Å²) in [6, 6.07) is -1.06. The highest BCUT2D eigenvalue weighted by Crippen LogP contribution is 2.48. The summed E-state index contributed by atoms with van der Waals surface area (Å²) in [5.41, 5.74) is -7.24. The van der Waals surface area contributed by atoms with Gasteiger partial charge in [-0.15, -0.1) is 0 Å². The first-order valence-corrected chi connectivity index (χ1v) is 15.3. The van der Waals surface area contributed by atoms with E-state index in [4.69, 9.17) is 18.3 Å². The molecule has 0 spiro atoms. The van der Waals surface area contributed by atoms with Gasteiger partial charge in [-0.1, -0.05) is 0 Å². The third-order valence-corrected chi connectivity index (χ3v) is 8.27. The second kappa shape index (κ2) is 14.4. The molecule has 0 bridgehead atoms. The van der Waals surface area contributed by atoms with Gasteiger partial charge < -0.3 is 38.3 Å². The van der Waals surface area contributed by atoms with Gasteiger partial charge in [0.2, 0.25) is 0 Å². The van der Waals surface area contributed by atoms with Crippen LogP contribution in [0.1, 0.15) is 61.1 Å². The molecule has 2 aliphatic heterocycles. The number of alkyl halides is 8. The maximum atomic E-state index is 14.5. The number of rotatable bonds is 9. The molecular weight excluding hydrogens is 712 g/mol. The summed E-state index contributed by atoms with van der Waals surface area (Å²) in [5, 5.41) is 1.71. The van der Waals surface area contributed by atoms with Crippen molar-refractivity contribution in [1.29, 1.82) is 0 Å². The topological polar surface area (TPSA) is 152 Å². The Morgan fingerprint density at radius 1 is 1.10 bits per heavy atom. The number of aryl methyl sites for hydroxylation is 1. The molecule has 0 radical (unpaired) electrons. The number of benzene rings is 1. The summed E-state index contributed by atoms with van der Waals surface area (Å²) in [7, 11) is 0. The quantitative estimate of drug-likeness (QED) is 0.362. The number of anilines is 1. The monoisotopic (exact) mass is 744 g/mol. The first-order valence-electron chi connectivity index (χ1n) is 15.3. The number of nitrogens with one attached hydrogen (secondary N) is 1. The molecule has 2 aromatic rings. The number of piperidine rings is 1. The van der Waals surface area contributed by atoms with E-state index in [9.17, 15) is 59.1 Å². The van der Waals surface area contributed by atoms with E-state index in [0.717, 1.165) is 4.90 Å². The zero-order valence-electron chi connectivity index (χ0n) is 27.4. The molecule has 282 valence electrons. The number of hydrogen-bond acceptors (Lipinski definition) is 9. The molecule has 1 N–H and O–H groups in total. The molecule has 0 saturated carbocycles. The van der Waals surface area contributed by atoms with Gasteiger partial charge in [-0.05, 0) is 52.7 Å². The summed E-state index contributed by atoms with van der Waals surface area (Å²) >= 11 is 0. The molecule has 13 nitrogen and oxygen atoms in total. The minimum absolute atomic E-state index is 0.0589. The van der Waals surface area contributed by atoms with Gasteiger partial charge >= 0.3 is 30.7 Å². The Bertz CT molecular complexity index is 1720. The van der Waals surface area contributed by atoms with Gasteiger partial charge in [-0.2, -0.15) is 35.1 Å². The number of carbonyl (C=O) groups excluding carboxylic acids is 4. The molecular formula is C30H32F8N4O9. The second-order valence-electron chi connectivity index (χ2n) is 12.1. The average Bonchev–Trinajstić information content (AvgIpc) is 3.36. The van der Waals surface area contributed by atoms with Crippen LogP contribution in [-0.4, -0.2) is 90.1 Å². The molecule has 51 heavy (non-hydrogen) atoms. The fourth-order valence-corrected chi connectivity index (χ4v) is 5.71. The van der Waals surface area contributed by atoms with Crippen LogP contribution in [0.5, 0.6) is 5.75 Å². The number of carbonyl (C=O) groups is 4. The molecule has 0 aliphatic carbocycles. The summed E-state index contributed by atoms with van der Waals surface area (Å²) < 4.78 is 131. The van der Waals surface area contributed by atoms with E-state index in [1.54, 1.807) is 5.32 Å². The number of fused-ring (bicyclic) bond motifs is 1. The van der Waals surface area contributed by atoms with E-state index >= 15 is 0 Å². The maximum Gasteiger partial charge on any atom is 0.519 e. The molecule has 4 amide bonds. The average molecular weight is 745 g/mol. The van der Waals surface area contributed by atoms with Crippen molar-refractivity contribution in [2.45, 2.75) is 83.6 Å². The van der Waals surface area contributed by atoms with E-state index < -0.39 is 108 Å². The Morgan fingerprint density at radius 2 is 1.76 bits per heavy atom. The van der Waals surface area contributed by atoms with Crippen LogP contribution >= 0.6 is 0 Å². The third-order valence-electron chi connectivity index (χ3n) is 8.27. The SMILES string of the molecule is Cc1oc(=O)oc1COC(=O)N1CCC[C@@H](N(C(=O)c2cc3c(cc2C(F)(F)F)O[C@@](C)(C(F)(F)F)C(=O)N3CCNC(=O)C(F)F)C(C)C)C1. The van der Waals surface area contributed by atoms with Crippen LogP contribution in [0.2, 0.25) is 0 Å². The lowest BCUT2D eigenvalue weighted by molar-refractivity contribution is -0.236. The van der Waals surface area contributed by atoms with Gasteiger partial charge in [0.1, 0.15) is 5.75 Å². The van der Waals surface area contributed by atoms with E-state index in [0.29, 0.717) is 11.0 Å². The van der Waals surface area contributed by atoms with Crippen LogP contribution in [0, 0.1) is 6.92 Å². The summed E-state index contributed by atoms with van der Waals surface area (Å²) in [5.74, 6) is -7.04. The molecule has 21 heteroatoms. The van der Waals surface area contributed by atoms with Gasteiger partial charge in [-0.3, -0.25) is 14.4 Å². The lowest BCUT2D eigenvalue weighted by Gasteiger charge is -2.43. The van der Waals surface area contributed by atoms with Gasteiger partial charge in [0, 0.05) is 32.2 Å². The van der Waals surface area contributed by atoms with Crippen molar-refractivity contribution in [3.8, 4) is 5.75 Å². The van der Waals surface area contributed by atoms with Crippen LogP contribution in [0.3, 0.4) is 0 Å². The van der Waals surface area contributed by atoms with Gasteiger partial charge in [-0.25, -0.2) is 9.59 Å². The van der Waals surface area contributed by atoms with E-state index in [1.165, 1.54) is 25.7 Å². The molecule has 1 aromatic heterocycles. The number of hydrogen-bond donors (Lipinski definition) is 1. The van der Waals surface area contributed by atoms with Crippen molar-refractivity contribution in [2.75, 3.05) is 31.1 Å². The van der Waals surface area contributed by atoms with Gasteiger partial charge in [0.25, 0.3) is 23.3 Å². The Hall–Kier alpha value is -4.85. The Balaban J connectivity index is 1.71. The van der Waals surface area contributed by atoms with E-state index in [2.05, 4.69) is 0 Å². The molecule has 0 unspecified atom stereocenters. The first-order chi connectivity index (χ1) is 23.6. The van der Waals surface area contributed by atoms with Crippen molar-refractivity contribution in [3.63, 3.8) is 0 Å². The summed E-state index contributed by atoms with van der Waals surface area (Å²) in [6.45, 7) is 2.28. The number of nitrogens with zero attached hydrogens (tertiary/aromatic N) is 3. The van der Waals surface area contributed by atoms with E-state index in [-0.39, 0.29) is 50.4 Å². The van der Waals surface area contributed by atoms with Crippen LogP contribution in [-0.2, 0) is 27.1 Å². The highest BCUT2D eigenvalue weighted by molar-refractivity contribution is 6.05. The molecule has 1 fully saturated rings. The lowest BCUT2D eigenvalue weighted by Crippen LogP contribution is -2.63. The number of halogens is 8. The van der Waals surface area contributed by atoms with Crippen molar-refractivity contribution in [3.05, 3.63) is 45.4 Å². The largest absolute Gasteiger partial charge is 0.519 e. The Kier molecular flexibility index (Phi) is 11.0. The van der Waals surface area contributed by atoms with Crippen LogP contribution < -0.4 is 20.8 Å². The lowest BCUT2D eigenvalue weighted by atomic mass is 9.95. The number of amides is 4. The zero-order chi connectivity index (χ0) is 38.2. The van der Waals surface area contributed by atoms with Crippen molar-refractivity contribution < 1.29 is 72.6 Å². The molecule has 2 atom stereocenters. The fraction of sp³-hybridized carbons (Fsp3) is 0.567. The Labute approximate surface area is 283 Å². The van der Waals surface area contributed by atoms with Gasteiger partial charge in [0.05, 0.1) is 22.9 Å². The highest BCUT2D eigenvalue weighted by atomic mass is 19.4. The number of ether oxygens (including phenoxy) is 2. The molecule has 1 saturated heterocycles. The van der Waals surface area contributed by atoms with Crippen LogP contribution in [0.25, 0.3) is 0 Å². The van der Waals surface area contributed by atoms with E-state index in [1.807, 2.05) is 0 Å². The summed E-state index contributed by atoms with van der Waals surface area (Å²) in [6.07, 6.45) is -14.8. The van der Waals surface area contributed by atoms with Crippen molar-refractivity contribution >= 4 is 29.5 Å². The zero-order valence-corrected chi connectivity index (χ0v) is 27.4. The second-order valence-corrected chi connectivity index (χ2v) is 12.1. The Morgan fingerprint density at radius 3 is 2.31 bits per heavy atom. The van der Waals surface area contributed by atoms with Crippen LogP contribution in [0.4, 0.5) is 45.6 Å². The molecule has 2 aliphatic rings. The third kappa shape index (κ3) is 8.06. The fourth-order valence-electron chi connectivity index (χ4n) is 5.71. The standard InChI is InChI=1S/C30H32F8N4O9/c1-14(2)42(16-6-5-8-40(12-16)26(46)48-13-21-15(3)49-27(47)50-21)24(44)17-10-19-20(11-18(17)29(33,34)35)51-28(4,30(36,37)38)25(45)41(19)9-7-39-23(43)22(31)32/h10-11,14,16,22H,5-9,12-13H2,1-4H3,(H,39,43)/t16-,28-/m1/s1. The van der Waals surface area contributed by atoms with Crippen molar-refractivity contribution in [2.24, 2.45) is 0 Å². The minimum Gasteiger partial charge on any atom is -0.466 e. The normalized spacial score (nSPS) is 19.6. The molecule has 3 heterocycles. The maximum absolute atomic E-state index is 14.5. The predicted molar refractivity (Wildman–Crippen MR) is 156 cm³/mol. The van der Waals surface area contributed by atoms with Crippen LogP contribution in [0.15, 0.2) is 25.8 Å². The number of likely N-dealkylation sites (tertiary alicyclic amines) is 1. The molecule has 4 rings (SSSR count). The summed E-state index contributed by atoms with van der Waals surface area (Å²) in [4.78, 5) is 65.4. The first kappa shape index (κ1) is 38.9. The predicted octanol–water partition coefficient (Wildman–Crippen LogP) is 4.64. The van der Waals surface area contributed by atoms with Crippen molar-refractivity contribution in [1.82, 2.24) is 15.1 Å². The smallest absolute Gasteiger partial charge is 0.466 e.